The maximum Gasteiger partial charge on any atom is 0.264 e. The first-order chi connectivity index (χ1) is 13.0. The van der Waals surface area contributed by atoms with Crippen LogP contribution in [0.2, 0.25) is 0 Å². The Kier molecular flexibility index (Phi) is 5.37. The molecular weight excluding hydrogens is 362 g/mol. The molecule has 0 fully saturated rings. The van der Waals surface area contributed by atoms with E-state index in [1.54, 1.807) is 36.4 Å². The SMILES string of the molecule is C=CCN(c1cc(OC)ccc1OC)S(=O)(=O)c1ccc2ccccc2c1. The van der Waals surface area contributed by atoms with Crippen LogP contribution >= 0.6 is 0 Å². The monoisotopic (exact) mass is 383 g/mol. The Morgan fingerprint density at radius 2 is 1.70 bits per heavy atom. The normalized spacial score (nSPS) is 11.2. The molecule has 0 spiro atoms. The van der Waals surface area contributed by atoms with Crippen molar-refractivity contribution in [1.82, 2.24) is 0 Å². The van der Waals surface area contributed by atoms with Gasteiger partial charge in [0.15, 0.2) is 0 Å². The minimum Gasteiger partial charge on any atom is -0.497 e. The summed E-state index contributed by atoms with van der Waals surface area (Å²) in [5.74, 6) is 0.968. The molecule has 140 valence electrons. The Labute approximate surface area is 159 Å². The van der Waals surface area contributed by atoms with Crippen LogP contribution in [0.15, 0.2) is 78.2 Å². The third-order valence-electron chi connectivity index (χ3n) is 4.26. The molecule has 0 saturated heterocycles. The van der Waals surface area contributed by atoms with E-state index >= 15 is 0 Å². The molecule has 3 aromatic carbocycles. The fourth-order valence-electron chi connectivity index (χ4n) is 2.89. The highest BCUT2D eigenvalue weighted by molar-refractivity contribution is 7.92. The van der Waals surface area contributed by atoms with Crippen molar-refractivity contribution in [2.45, 2.75) is 4.90 Å². The van der Waals surface area contributed by atoms with Crippen molar-refractivity contribution in [2.75, 3.05) is 25.1 Å². The van der Waals surface area contributed by atoms with E-state index in [-0.39, 0.29) is 11.4 Å². The van der Waals surface area contributed by atoms with Crippen LogP contribution in [0, 0.1) is 0 Å². The third-order valence-corrected chi connectivity index (χ3v) is 6.03. The number of rotatable bonds is 7. The zero-order valence-corrected chi connectivity index (χ0v) is 16.1. The van der Waals surface area contributed by atoms with Crippen LogP contribution in [-0.4, -0.2) is 29.2 Å². The van der Waals surface area contributed by atoms with Crippen LogP contribution in [0.4, 0.5) is 5.69 Å². The number of methoxy groups -OCH3 is 2. The summed E-state index contributed by atoms with van der Waals surface area (Å²) < 4.78 is 38.7. The van der Waals surface area contributed by atoms with Gasteiger partial charge in [0.25, 0.3) is 10.0 Å². The quantitative estimate of drug-likeness (QED) is 0.573. The second kappa shape index (κ2) is 7.72. The summed E-state index contributed by atoms with van der Waals surface area (Å²) in [5.41, 5.74) is 0.393. The first-order valence-corrected chi connectivity index (χ1v) is 9.79. The fourth-order valence-corrected chi connectivity index (χ4v) is 4.36. The second-order valence-corrected chi connectivity index (χ2v) is 7.73. The average molecular weight is 383 g/mol. The predicted molar refractivity (Wildman–Crippen MR) is 108 cm³/mol. The van der Waals surface area contributed by atoms with Gasteiger partial charge in [0.2, 0.25) is 0 Å². The first-order valence-electron chi connectivity index (χ1n) is 8.35. The Hall–Kier alpha value is -2.99. The van der Waals surface area contributed by atoms with E-state index < -0.39 is 10.0 Å². The van der Waals surface area contributed by atoms with Gasteiger partial charge in [0, 0.05) is 6.07 Å². The van der Waals surface area contributed by atoms with Gasteiger partial charge < -0.3 is 9.47 Å². The maximum atomic E-state index is 13.4. The molecule has 5 nitrogen and oxygen atoms in total. The number of fused-ring (bicyclic) bond motifs is 1. The number of sulfonamides is 1. The van der Waals surface area contributed by atoms with Gasteiger partial charge in [-0.05, 0) is 35.0 Å². The summed E-state index contributed by atoms with van der Waals surface area (Å²) in [6.45, 7) is 3.80. The molecule has 0 bridgehead atoms. The number of ether oxygens (including phenoxy) is 2. The summed E-state index contributed by atoms with van der Waals surface area (Å²) in [6.07, 6.45) is 1.54. The highest BCUT2D eigenvalue weighted by Gasteiger charge is 2.27. The van der Waals surface area contributed by atoms with Gasteiger partial charge in [-0.3, -0.25) is 4.31 Å². The van der Waals surface area contributed by atoms with Crippen molar-refractivity contribution < 1.29 is 17.9 Å². The van der Waals surface area contributed by atoms with Crippen LogP contribution in [0.1, 0.15) is 0 Å². The molecule has 0 aliphatic rings. The lowest BCUT2D eigenvalue weighted by Crippen LogP contribution is -2.31. The van der Waals surface area contributed by atoms with Gasteiger partial charge in [-0.1, -0.05) is 36.4 Å². The molecule has 0 N–H and O–H groups in total. The van der Waals surface area contributed by atoms with Crippen LogP contribution in [0.5, 0.6) is 11.5 Å². The summed E-state index contributed by atoms with van der Waals surface area (Å²) >= 11 is 0. The highest BCUT2D eigenvalue weighted by Crippen LogP contribution is 2.36. The molecule has 0 aromatic heterocycles. The van der Waals surface area contributed by atoms with E-state index in [1.165, 1.54) is 24.6 Å². The molecule has 0 heterocycles. The summed E-state index contributed by atoms with van der Waals surface area (Å²) in [6, 6.07) is 17.8. The molecule has 0 radical (unpaired) electrons. The van der Waals surface area contributed by atoms with Crippen molar-refractivity contribution in [2.24, 2.45) is 0 Å². The molecule has 0 atom stereocenters. The second-order valence-electron chi connectivity index (χ2n) is 5.87. The molecule has 27 heavy (non-hydrogen) atoms. The van der Waals surface area contributed by atoms with Crippen molar-refractivity contribution in [1.29, 1.82) is 0 Å². The molecule has 0 amide bonds. The minimum atomic E-state index is -3.84. The average Bonchev–Trinajstić information content (AvgIpc) is 2.71. The smallest absolute Gasteiger partial charge is 0.264 e. The molecule has 3 aromatic rings. The van der Waals surface area contributed by atoms with Crippen LogP contribution in [-0.2, 0) is 10.0 Å². The molecule has 0 saturated carbocycles. The number of hydrogen-bond acceptors (Lipinski definition) is 4. The standard InChI is InChI=1S/C21H21NO4S/c1-4-13-22(20-15-18(25-2)10-12-21(20)26-3)27(23,24)19-11-9-16-7-5-6-8-17(16)14-19/h4-12,14-15H,1,13H2,2-3H3. The summed E-state index contributed by atoms with van der Waals surface area (Å²) in [4.78, 5) is 0.202. The number of hydrogen-bond donors (Lipinski definition) is 0. The van der Waals surface area contributed by atoms with Gasteiger partial charge in [-0.2, -0.15) is 0 Å². The van der Waals surface area contributed by atoms with Crippen molar-refractivity contribution in [3.63, 3.8) is 0 Å². The lowest BCUT2D eigenvalue weighted by atomic mass is 10.1. The maximum absolute atomic E-state index is 13.4. The number of anilines is 1. The fraction of sp³-hybridized carbons (Fsp3) is 0.143. The predicted octanol–water partition coefficient (Wildman–Crippen LogP) is 4.24. The van der Waals surface area contributed by atoms with Gasteiger partial charge in [-0.25, -0.2) is 8.42 Å². The summed E-state index contributed by atoms with van der Waals surface area (Å²) in [7, 11) is -0.810. The van der Waals surface area contributed by atoms with Gasteiger partial charge >= 0.3 is 0 Å². The van der Waals surface area contributed by atoms with E-state index in [1.807, 2.05) is 24.3 Å². The molecule has 0 aliphatic heterocycles. The van der Waals surface area contributed by atoms with Gasteiger partial charge in [-0.15, -0.1) is 6.58 Å². The first kappa shape index (κ1) is 18.8. The molecular formula is C21H21NO4S. The lowest BCUT2D eigenvalue weighted by Gasteiger charge is -2.25. The summed E-state index contributed by atoms with van der Waals surface area (Å²) in [5, 5.41) is 1.83. The van der Waals surface area contributed by atoms with Crippen LogP contribution in [0.25, 0.3) is 10.8 Å². The third kappa shape index (κ3) is 3.61. The van der Waals surface area contributed by atoms with E-state index in [2.05, 4.69) is 6.58 Å². The van der Waals surface area contributed by atoms with Crippen molar-refractivity contribution >= 4 is 26.5 Å². The van der Waals surface area contributed by atoms with Crippen molar-refractivity contribution in [3.8, 4) is 11.5 Å². The zero-order chi connectivity index (χ0) is 19.4. The largest absolute Gasteiger partial charge is 0.497 e. The van der Waals surface area contributed by atoms with E-state index in [0.717, 1.165) is 10.8 Å². The number of nitrogens with zero attached hydrogens (tertiary/aromatic N) is 1. The Bertz CT molecular complexity index is 1080. The minimum absolute atomic E-state index is 0.0959. The van der Waals surface area contributed by atoms with Crippen LogP contribution in [0.3, 0.4) is 0 Å². The highest BCUT2D eigenvalue weighted by atomic mass is 32.2. The van der Waals surface area contributed by atoms with Gasteiger partial charge in [0.05, 0.1) is 31.3 Å². The molecule has 0 aliphatic carbocycles. The van der Waals surface area contributed by atoms with E-state index in [0.29, 0.717) is 17.2 Å². The van der Waals surface area contributed by atoms with Crippen molar-refractivity contribution in [3.05, 3.63) is 73.3 Å². The van der Waals surface area contributed by atoms with Crippen LogP contribution < -0.4 is 13.8 Å². The molecule has 0 unspecified atom stereocenters. The topological polar surface area (TPSA) is 55.8 Å². The lowest BCUT2D eigenvalue weighted by molar-refractivity contribution is 0.404. The van der Waals surface area contributed by atoms with E-state index in [4.69, 9.17) is 9.47 Å². The Morgan fingerprint density at radius 1 is 0.963 bits per heavy atom. The molecule has 3 rings (SSSR count). The van der Waals surface area contributed by atoms with E-state index in [9.17, 15) is 8.42 Å². The zero-order valence-electron chi connectivity index (χ0n) is 15.3. The number of benzene rings is 3. The molecule has 6 heteroatoms. The Morgan fingerprint density at radius 3 is 2.37 bits per heavy atom. The Balaban J connectivity index is 2.16. The van der Waals surface area contributed by atoms with Gasteiger partial charge in [0.1, 0.15) is 11.5 Å².